The highest BCUT2D eigenvalue weighted by atomic mass is 35.5. The Labute approximate surface area is 168 Å². The molecular weight excluding hydrogens is 380 g/mol. The Morgan fingerprint density at radius 2 is 1.78 bits per heavy atom. The average molecular weight is 399 g/mol. The number of hydrogen-bond donors (Lipinski definition) is 0. The lowest BCUT2D eigenvalue weighted by atomic mass is 10.0. The molecule has 27 heavy (non-hydrogen) atoms. The van der Waals surface area contributed by atoms with Gasteiger partial charge in [0.25, 0.3) is 0 Å². The molecule has 2 aromatic carbocycles. The fourth-order valence-corrected chi connectivity index (χ4v) is 3.14. The van der Waals surface area contributed by atoms with E-state index in [2.05, 4.69) is 9.97 Å². The van der Waals surface area contributed by atoms with E-state index in [1.54, 1.807) is 12.1 Å². The number of carbonyl (C=O) groups is 1. The molecule has 0 atom stereocenters. The number of Topliss-reactive ketones (excluding diaryl/α,β-unsaturated/α-hetero) is 1. The van der Waals surface area contributed by atoms with Crippen LogP contribution >= 0.6 is 23.4 Å². The lowest BCUT2D eigenvalue weighted by Gasteiger charge is -2.13. The first-order valence-corrected chi connectivity index (χ1v) is 10.0. The summed E-state index contributed by atoms with van der Waals surface area (Å²) in [6, 6.07) is 16.7. The van der Waals surface area contributed by atoms with Crippen LogP contribution in [0.4, 0.5) is 0 Å². The summed E-state index contributed by atoms with van der Waals surface area (Å²) in [6.45, 7) is 1.86. The van der Waals surface area contributed by atoms with Gasteiger partial charge in [-0.15, -0.1) is 0 Å². The van der Waals surface area contributed by atoms with E-state index in [9.17, 15) is 4.79 Å². The van der Waals surface area contributed by atoms with Crippen LogP contribution < -0.4 is 4.74 Å². The minimum absolute atomic E-state index is 0.0676. The maximum Gasteiger partial charge on any atom is 0.221 e. The molecule has 0 radical (unpaired) electrons. The highest BCUT2D eigenvalue weighted by Gasteiger charge is 2.16. The molecule has 4 nitrogen and oxygen atoms in total. The number of thioether (sulfide) groups is 1. The normalized spacial score (nSPS) is 10.6. The maximum atomic E-state index is 12.4. The van der Waals surface area contributed by atoms with E-state index in [0.29, 0.717) is 28.0 Å². The molecule has 0 saturated heterocycles. The number of ether oxygens (including phenoxy) is 1. The van der Waals surface area contributed by atoms with Crippen LogP contribution in [0.5, 0.6) is 5.88 Å². The molecule has 138 valence electrons. The standard InChI is InChI=1S/C21H19ClN2O2S/c1-14-18(12-15-8-10-17(22)11-9-15)20(24-21(23-14)27-2)26-13-19(25)16-6-4-3-5-7-16/h3-11H,12-13H2,1-2H3. The summed E-state index contributed by atoms with van der Waals surface area (Å²) in [5.41, 5.74) is 3.40. The number of aromatic nitrogens is 2. The highest BCUT2D eigenvalue weighted by Crippen LogP contribution is 2.26. The third kappa shape index (κ3) is 5.08. The minimum atomic E-state index is -0.0880. The molecule has 0 fully saturated rings. The Hall–Kier alpha value is -2.37. The summed E-state index contributed by atoms with van der Waals surface area (Å²) in [5.74, 6) is 0.362. The monoisotopic (exact) mass is 398 g/mol. The highest BCUT2D eigenvalue weighted by molar-refractivity contribution is 7.98. The molecule has 0 bridgehead atoms. The molecule has 0 amide bonds. The molecular formula is C21H19ClN2O2S. The number of halogens is 1. The first-order valence-electron chi connectivity index (χ1n) is 8.44. The molecule has 3 aromatic rings. The number of carbonyl (C=O) groups excluding carboxylic acids is 1. The van der Waals surface area contributed by atoms with E-state index >= 15 is 0 Å². The van der Waals surface area contributed by atoms with Gasteiger partial charge < -0.3 is 4.74 Å². The Bertz CT molecular complexity index is 931. The second kappa shape index (κ2) is 9.02. The molecule has 0 unspecified atom stereocenters. The topological polar surface area (TPSA) is 52.1 Å². The molecule has 0 N–H and O–H groups in total. The third-order valence-electron chi connectivity index (χ3n) is 4.07. The van der Waals surface area contributed by atoms with Crippen LogP contribution in [0, 0.1) is 6.92 Å². The Kier molecular flexibility index (Phi) is 6.48. The summed E-state index contributed by atoms with van der Waals surface area (Å²) in [5, 5.41) is 1.31. The fourth-order valence-electron chi connectivity index (χ4n) is 2.61. The van der Waals surface area contributed by atoms with Crippen LogP contribution in [0.2, 0.25) is 5.02 Å². The van der Waals surface area contributed by atoms with Crippen molar-refractivity contribution in [3.63, 3.8) is 0 Å². The number of aryl methyl sites for hydroxylation is 1. The van der Waals surface area contributed by atoms with Crippen LogP contribution in [0.1, 0.15) is 27.2 Å². The van der Waals surface area contributed by atoms with Crippen molar-refractivity contribution in [2.24, 2.45) is 0 Å². The van der Waals surface area contributed by atoms with Crippen LogP contribution in [-0.2, 0) is 6.42 Å². The summed E-state index contributed by atoms with van der Waals surface area (Å²) < 4.78 is 5.83. The Morgan fingerprint density at radius 3 is 2.44 bits per heavy atom. The van der Waals surface area contributed by atoms with E-state index < -0.39 is 0 Å². The first-order chi connectivity index (χ1) is 13.1. The van der Waals surface area contributed by atoms with Crippen LogP contribution in [0.15, 0.2) is 59.8 Å². The molecule has 1 heterocycles. The number of rotatable bonds is 7. The summed E-state index contributed by atoms with van der Waals surface area (Å²) in [4.78, 5) is 21.4. The SMILES string of the molecule is CSc1nc(C)c(Cc2ccc(Cl)cc2)c(OCC(=O)c2ccccc2)n1. The average Bonchev–Trinajstić information content (AvgIpc) is 2.70. The predicted octanol–water partition coefficient (Wildman–Crippen LogP) is 5.01. The van der Waals surface area contributed by atoms with Crippen molar-refractivity contribution < 1.29 is 9.53 Å². The van der Waals surface area contributed by atoms with Gasteiger partial charge in [0.05, 0.1) is 0 Å². The van der Waals surface area contributed by atoms with Crippen molar-refractivity contribution in [2.45, 2.75) is 18.5 Å². The van der Waals surface area contributed by atoms with E-state index in [0.717, 1.165) is 16.8 Å². The molecule has 6 heteroatoms. The summed E-state index contributed by atoms with van der Waals surface area (Å²) >= 11 is 7.41. The smallest absolute Gasteiger partial charge is 0.221 e. The number of nitrogens with zero attached hydrogens (tertiary/aromatic N) is 2. The quantitative estimate of drug-likeness (QED) is 0.318. The summed E-state index contributed by atoms with van der Waals surface area (Å²) in [7, 11) is 0. The van der Waals surface area contributed by atoms with E-state index in [4.69, 9.17) is 16.3 Å². The lowest BCUT2D eigenvalue weighted by molar-refractivity contribution is 0.0916. The van der Waals surface area contributed by atoms with Gasteiger partial charge in [0.1, 0.15) is 0 Å². The predicted molar refractivity (Wildman–Crippen MR) is 109 cm³/mol. The van der Waals surface area contributed by atoms with Crippen molar-refractivity contribution in [1.29, 1.82) is 0 Å². The van der Waals surface area contributed by atoms with Crippen molar-refractivity contribution in [1.82, 2.24) is 9.97 Å². The molecule has 0 aliphatic rings. The summed E-state index contributed by atoms with van der Waals surface area (Å²) in [6.07, 6.45) is 2.51. The second-order valence-corrected chi connectivity index (χ2v) is 7.17. The van der Waals surface area contributed by atoms with Crippen molar-refractivity contribution in [3.05, 3.63) is 82.0 Å². The van der Waals surface area contributed by atoms with Gasteiger partial charge in [-0.1, -0.05) is 65.8 Å². The zero-order valence-corrected chi connectivity index (χ0v) is 16.7. The van der Waals surface area contributed by atoms with Crippen LogP contribution in [0.3, 0.4) is 0 Å². The third-order valence-corrected chi connectivity index (χ3v) is 4.87. The number of hydrogen-bond acceptors (Lipinski definition) is 5. The first kappa shape index (κ1) is 19.4. The van der Waals surface area contributed by atoms with Crippen LogP contribution in [-0.4, -0.2) is 28.6 Å². The van der Waals surface area contributed by atoms with Gasteiger partial charge in [0, 0.05) is 28.3 Å². The lowest BCUT2D eigenvalue weighted by Crippen LogP contribution is -2.14. The maximum absolute atomic E-state index is 12.4. The van der Waals surface area contributed by atoms with Crippen molar-refractivity contribution in [3.8, 4) is 5.88 Å². The van der Waals surface area contributed by atoms with Gasteiger partial charge in [0.15, 0.2) is 17.5 Å². The molecule has 0 saturated carbocycles. The fraction of sp³-hybridized carbons (Fsp3) is 0.190. The number of benzene rings is 2. The molecule has 0 aliphatic heterocycles. The van der Waals surface area contributed by atoms with Gasteiger partial charge in [-0.2, -0.15) is 4.98 Å². The minimum Gasteiger partial charge on any atom is -0.469 e. The second-order valence-electron chi connectivity index (χ2n) is 5.96. The zero-order valence-electron chi connectivity index (χ0n) is 15.1. The van der Waals surface area contributed by atoms with Gasteiger partial charge in [0.2, 0.25) is 5.88 Å². The van der Waals surface area contributed by atoms with Gasteiger partial charge >= 0.3 is 0 Å². The number of ketones is 1. The molecule has 0 aliphatic carbocycles. The Balaban J connectivity index is 1.84. The molecule has 0 spiro atoms. The largest absolute Gasteiger partial charge is 0.469 e. The molecule has 1 aromatic heterocycles. The van der Waals surface area contributed by atoms with Gasteiger partial charge in [-0.05, 0) is 30.9 Å². The van der Waals surface area contributed by atoms with E-state index in [1.165, 1.54) is 11.8 Å². The van der Waals surface area contributed by atoms with Crippen LogP contribution in [0.25, 0.3) is 0 Å². The van der Waals surface area contributed by atoms with E-state index in [-0.39, 0.29) is 12.4 Å². The van der Waals surface area contributed by atoms with Crippen molar-refractivity contribution >= 4 is 29.1 Å². The van der Waals surface area contributed by atoms with E-state index in [1.807, 2.05) is 55.6 Å². The molecule has 3 rings (SSSR count). The Morgan fingerprint density at radius 1 is 1.07 bits per heavy atom. The van der Waals surface area contributed by atoms with Gasteiger partial charge in [-0.3, -0.25) is 4.79 Å². The van der Waals surface area contributed by atoms with Gasteiger partial charge in [-0.25, -0.2) is 4.98 Å². The van der Waals surface area contributed by atoms with Crippen molar-refractivity contribution in [2.75, 3.05) is 12.9 Å². The zero-order chi connectivity index (χ0) is 19.2.